The number of aryl methyl sites for hydroxylation is 2. The maximum atomic E-state index is 13.2. The number of aromatic nitrogens is 2. The zero-order chi connectivity index (χ0) is 26.9. The predicted molar refractivity (Wildman–Crippen MR) is 152 cm³/mol. The summed E-state index contributed by atoms with van der Waals surface area (Å²) in [4.78, 5) is 20.0. The minimum atomic E-state index is 0.00309. The molecule has 2 aliphatic heterocycles. The summed E-state index contributed by atoms with van der Waals surface area (Å²) in [5.74, 6) is 3.85. The van der Waals surface area contributed by atoms with Gasteiger partial charge in [-0.3, -0.25) is 4.79 Å². The second-order valence-corrected chi connectivity index (χ2v) is 10.7. The van der Waals surface area contributed by atoms with Gasteiger partial charge in [0.25, 0.3) is 0 Å². The Labute approximate surface area is 229 Å². The number of anilines is 1. The zero-order valence-corrected chi connectivity index (χ0v) is 22.9. The molecule has 1 fully saturated rings. The number of hydrogen-bond acceptors (Lipinski definition) is 5. The van der Waals surface area contributed by atoms with E-state index in [1.807, 2.05) is 41.3 Å². The van der Waals surface area contributed by atoms with Crippen LogP contribution >= 0.6 is 0 Å². The lowest BCUT2D eigenvalue weighted by Crippen LogP contribution is -2.25. The van der Waals surface area contributed by atoms with E-state index in [-0.39, 0.29) is 11.8 Å². The Bertz CT molecular complexity index is 1510. The van der Waals surface area contributed by atoms with Gasteiger partial charge in [0, 0.05) is 37.2 Å². The van der Waals surface area contributed by atoms with E-state index in [2.05, 4.69) is 49.6 Å². The third kappa shape index (κ3) is 5.05. The monoisotopic (exact) mass is 525 g/mol. The van der Waals surface area contributed by atoms with E-state index in [0.717, 1.165) is 47.0 Å². The van der Waals surface area contributed by atoms with Crippen LogP contribution in [-0.4, -0.2) is 41.8 Å². The normalized spacial score (nSPS) is 16.9. The van der Waals surface area contributed by atoms with Gasteiger partial charge in [0.2, 0.25) is 5.91 Å². The second-order valence-electron chi connectivity index (χ2n) is 10.7. The number of amides is 1. The van der Waals surface area contributed by atoms with Crippen molar-refractivity contribution in [3.63, 3.8) is 0 Å². The molecule has 6 rings (SSSR count). The maximum Gasteiger partial charge on any atom is 0.227 e. The molecule has 3 aromatic carbocycles. The first kappa shape index (κ1) is 25.3. The summed E-state index contributed by atoms with van der Waals surface area (Å²) in [5.41, 5.74) is 5.32. The third-order valence-corrected chi connectivity index (χ3v) is 7.59. The first-order valence-electron chi connectivity index (χ1n) is 13.9. The van der Waals surface area contributed by atoms with Crippen LogP contribution in [0.2, 0.25) is 0 Å². The quantitative estimate of drug-likeness (QED) is 0.255. The highest BCUT2D eigenvalue weighted by molar-refractivity contribution is 5.97. The van der Waals surface area contributed by atoms with E-state index in [0.29, 0.717) is 44.5 Å². The Balaban J connectivity index is 1.20. The Morgan fingerprint density at radius 1 is 1.03 bits per heavy atom. The molecular formula is C32H35N3O4. The van der Waals surface area contributed by atoms with Crippen LogP contribution in [0.4, 0.5) is 5.69 Å². The number of hydrogen-bond donors (Lipinski definition) is 0. The largest absolute Gasteiger partial charge is 0.493 e. The van der Waals surface area contributed by atoms with Gasteiger partial charge in [-0.2, -0.15) is 0 Å². The van der Waals surface area contributed by atoms with E-state index in [9.17, 15) is 4.79 Å². The molecule has 1 amide bonds. The average molecular weight is 526 g/mol. The fraction of sp³-hybridized carbons (Fsp3) is 0.375. The number of imidazole rings is 1. The molecule has 1 saturated heterocycles. The first-order chi connectivity index (χ1) is 19.0. The molecule has 0 aliphatic carbocycles. The Hall–Kier alpha value is -4.00. The average Bonchev–Trinajstić information content (AvgIpc) is 3.51. The van der Waals surface area contributed by atoms with Crippen LogP contribution in [0.1, 0.15) is 55.5 Å². The van der Waals surface area contributed by atoms with Crippen molar-refractivity contribution >= 4 is 22.6 Å². The third-order valence-electron chi connectivity index (χ3n) is 7.59. The number of para-hydroxylation sites is 2. The van der Waals surface area contributed by atoms with Crippen molar-refractivity contribution in [1.82, 2.24) is 9.55 Å². The summed E-state index contributed by atoms with van der Waals surface area (Å²) in [5, 5.41) is 0. The second kappa shape index (κ2) is 10.6. The van der Waals surface area contributed by atoms with Crippen molar-refractivity contribution in [3.8, 4) is 17.2 Å². The fourth-order valence-corrected chi connectivity index (χ4v) is 5.62. The van der Waals surface area contributed by atoms with Crippen LogP contribution in [0.15, 0.2) is 60.7 Å². The van der Waals surface area contributed by atoms with E-state index >= 15 is 0 Å². The van der Waals surface area contributed by atoms with Crippen LogP contribution in [0.3, 0.4) is 0 Å². The van der Waals surface area contributed by atoms with E-state index < -0.39 is 0 Å². The molecule has 7 heteroatoms. The standard InChI is InChI=1S/C32H35N3O4/c1-21(2)25-11-9-22(3)17-29(25)37-14-6-13-34-27-8-5-4-7-26(27)33-32(34)23-18-31(36)35(20-23)24-10-12-28-30(19-24)39-16-15-38-28/h4-5,7-12,17,19,21,23H,6,13-16,18,20H2,1-3H3. The molecule has 7 nitrogen and oxygen atoms in total. The van der Waals surface area contributed by atoms with Gasteiger partial charge in [-0.05, 0) is 60.7 Å². The van der Waals surface area contributed by atoms with Crippen LogP contribution in [-0.2, 0) is 11.3 Å². The van der Waals surface area contributed by atoms with Crippen LogP contribution < -0.4 is 19.1 Å². The Morgan fingerprint density at radius 2 is 1.85 bits per heavy atom. The minimum Gasteiger partial charge on any atom is -0.493 e. The molecule has 1 unspecified atom stereocenters. The molecule has 2 aliphatic rings. The van der Waals surface area contributed by atoms with Gasteiger partial charge >= 0.3 is 0 Å². The van der Waals surface area contributed by atoms with Gasteiger partial charge in [-0.1, -0.05) is 38.1 Å². The van der Waals surface area contributed by atoms with Gasteiger partial charge in [0.05, 0.1) is 17.6 Å². The molecule has 3 heterocycles. The molecule has 1 aromatic heterocycles. The summed E-state index contributed by atoms with van der Waals surface area (Å²) >= 11 is 0. The number of nitrogens with zero attached hydrogens (tertiary/aromatic N) is 3. The van der Waals surface area contributed by atoms with Crippen molar-refractivity contribution in [2.24, 2.45) is 0 Å². The number of benzene rings is 3. The van der Waals surface area contributed by atoms with Crippen molar-refractivity contribution in [1.29, 1.82) is 0 Å². The topological polar surface area (TPSA) is 65.8 Å². The molecule has 0 N–H and O–H groups in total. The van der Waals surface area contributed by atoms with Crippen LogP contribution in [0.25, 0.3) is 11.0 Å². The summed E-state index contributed by atoms with van der Waals surface area (Å²) in [7, 11) is 0. The highest BCUT2D eigenvalue weighted by Crippen LogP contribution is 2.38. The lowest BCUT2D eigenvalue weighted by atomic mass is 10.0. The van der Waals surface area contributed by atoms with Gasteiger partial charge in [-0.15, -0.1) is 0 Å². The van der Waals surface area contributed by atoms with E-state index in [1.165, 1.54) is 11.1 Å². The summed E-state index contributed by atoms with van der Waals surface area (Å²) in [6, 6.07) is 20.4. The summed E-state index contributed by atoms with van der Waals surface area (Å²) in [6.45, 7) is 9.51. The molecule has 39 heavy (non-hydrogen) atoms. The molecular weight excluding hydrogens is 490 g/mol. The van der Waals surface area contributed by atoms with E-state index in [4.69, 9.17) is 19.2 Å². The number of fused-ring (bicyclic) bond motifs is 2. The van der Waals surface area contributed by atoms with Gasteiger partial charge in [0.15, 0.2) is 11.5 Å². The highest BCUT2D eigenvalue weighted by Gasteiger charge is 2.35. The lowest BCUT2D eigenvalue weighted by molar-refractivity contribution is -0.117. The smallest absolute Gasteiger partial charge is 0.227 e. The molecule has 0 saturated carbocycles. The molecule has 0 radical (unpaired) electrons. The van der Waals surface area contributed by atoms with Gasteiger partial charge in [-0.25, -0.2) is 4.98 Å². The molecule has 202 valence electrons. The van der Waals surface area contributed by atoms with Crippen molar-refractivity contribution in [3.05, 3.63) is 77.6 Å². The first-order valence-corrected chi connectivity index (χ1v) is 13.9. The van der Waals surface area contributed by atoms with Crippen molar-refractivity contribution in [2.45, 2.75) is 52.0 Å². The summed E-state index contributed by atoms with van der Waals surface area (Å²) < 4.78 is 20.0. The predicted octanol–water partition coefficient (Wildman–Crippen LogP) is 6.23. The maximum absolute atomic E-state index is 13.2. The number of carbonyl (C=O) groups excluding carboxylic acids is 1. The molecule has 4 aromatic rings. The van der Waals surface area contributed by atoms with Gasteiger partial charge < -0.3 is 23.7 Å². The van der Waals surface area contributed by atoms with E-state index in [1.54, 1.807) is 0 Å². The minimum absolute atomic E-state index is 0.00309. The molecule has 1 atom stereocenters. The van der Waals surface area contributed by atoms with Crippen LogP contribution in [0.5, 0.6) is 17.2 Å². The number of carbonyl (C=O) groups is 1. The SMILES string of the molecule is Cc1ccc(C(C)C)c(OCCCn2c(C3CC(=O)N(c4ccc5c(c4)OCCO5)C3)nc3ccccc32)c1. The van der Waals surface area contributed by atoms with Gasteiger partial charge in [0.1, 0.15) is 24.8 Å². The van der Waals surface area contributed by atoms with Crippen LogP contribution in [0, 0.1) is 6.92 Å². The van der Waals surface area contributed by atoms with Crippen molar-refractivity contribution in [2.75, 3.05) is 31.3 Å². The Kier molecular flexibility index (Phi) is 6.90. The van der Waals surface area contributed by atoms with Crippen molar-refractivity contribution < 1.29 is 19.0 Å². The summed E-state index contributed by atoms with van der Waals surface area (Å²) in [6.07, 6.45) is 1.26. The highest BCUT2D eigenvalue weighted by atomic mass is 16.6. The Morgan fingerprint density at radius 3 is 2.69 bits per heavy atom. The molecule has 0 spiro atoms. The lowest BCUT2D eigenvalue weighted by Gasteiger charge is -2.22. The zero-order valence-electron chi connectivity index (χ0n) is 22.9. The number of ether oxygens (including phenoxy) is 3. The fourth-order valence-electron chi connectivity index (χ4n) is 5.62. The molecule has 0 bridgehead atoms. The number of rotatable bonds is 8.